The summed E-state index contributed by atoms with van der Waals surface area (Å²) in [6.07, 6.45) is 1.32. The van der Waals surface area contributed by atoms with Gasteiger partial charge >= 0.3 is 5.69 Å². The first-order valence-corrected chi connectivity index (χ1v) is 7.29. The first kappa shape index (κ1) is 15.2. The van der Waals surface area contributed by atoms with Gasteiger partial charge in [0.1, 0.15) is 6.33 Å². The van der Waals surface area contributed by atoms with Gasteiger partial charge in [-0.15, -0.1) is 0 Å². The van der Waals surface area contributed by atoms with Crippen molar-refractivity contribution in [3.8, 4) is 0 Å². The summed E-state index contributed by atoms with van der Waals surface area (Å²) >= 11 is 1.26. The molecule has 0 bridgehead atoms. The Balaban J connectivity index is 2.33. The molecule has 110 valence electrons. The van der Waals surface area contributed by atoms with Gasteiger partial charge in [-0.25, -0.2) is 9.97 Å². The fraction of sp³-hybridized carbons (Fsp3) is 0.286. The fourth-order valence-corrected chi connectivity index (χ4v) is 2.68. The molecule has 0 aliphatic rings. The molecular weight excluding hydrogens is 288 g/mol. The van der Waals surface area contributed by atoms with Crippen LogP contribution in [0.3, 0.4) is 0 Å². The third kappa shape index (κ3) is 3.49. The smallest absolute Gasteiger partial charge is 0.343 e. The van der Waals surface area contributed by atoms with Crippen LogP contribution in [-0.4, -0.2) is 21.9 Å². The molecule has 0 fully saturated rings. The first-order valence-electron chi connectivity index (χ1n) is 6.48. The molecular formula is C14H16N4O2S. The van der Waals surface area contributed by atoms with Crippen molar-refractivity contribution in [2.75, 3.05) is 12.4 Å². The zero-order valence-corrected chi connectivity index (χ0v) is 12.8. The lowest BCUT2D eigenvalue weighted by Crippen LogP contribution is -2.02. The summed E-state index contributed by atoms with van der Waals surface area (Å²) in [4.78, 5) is 19.6. The number of nitrogens with zero attached hydrogens (tertiary/aromatic N) is 3. The number of rotatable bonds is 5. The lowest BCUT2D eigenvalue weighted by molar-refractivity contribution is -0.387. The van der Waals surface area contributed by atoms with Crippen molar-refractivity contribution in [2.24, 2.45) is 0 Å². The monoisotopic (exact) mass is 304 g/mol. The molecule has 1 aromatic carbocycles. The van der Waals surface area contributed by atoms with Crippen LogP contribution in [0.1, 0.15) is 25.3 Å². The summed E-state index contributed by atoms with van der Waals surface area (Å²) in [6.45, 7) is 4.24. The minimum atomic E-state index is -0.462. The van der Waals surface area contributed by atoms with Crippen molar-refractivity contribution in [3.05, 3.63) is 46.3 Å². The Hall–Kier alpha value is -2.15. The maximum atomic E-state index is 11.2. The lowest BCUT2D eigenvalue weighted by atomic mass is 10.0. The number of nitrogens with one attached hydrogen (secondary N) is 1. The molecule has 2 aromatic rings. The predicted octanol–water partition coefficient (Wildman–Crippen LogP) is 3.70. The Kier molecular flexibility index (Phi) is 4.74. The second-order valence-corrected chi connectivity index (χ2v) is 5.77. The minimum Gasteiger partial charge on any atom is -0.367 e. The van der Waals surface area contributed by atoms with Gasteiger partial charge in [-0.05, 0) is 23.6 Å². The molecule has 1 heterocycles. The van der Waals surface area contributed by atoms with E-state index in [1.165, 1.54) is 23.7 Å². The summed E-state index contributed by atoms with van der Waals surface area (Å²) < 4.78 is 0. The van der Waals surface area contributed by atoms with Gasteiger partial charge in [0, 0.05) is 11.9 Å². The zero-order chi connectivity index (χ0) is 15.4. The molecule has 0 amide bonds. The highest BCUT2D eigenvalue weighted by Gasteiger charge is 2.22. The molecule has 2 rings (SSSR count). The average molecular weight is 304 g/mol. The van der Waals surface area contributed by atoms with Crippen molar-refractivity contribution in [2.45, 2.75) is 29.7 Å². The fourth-order valence-electron chi connectivity index (χ4n) is 1.82. The molecule has 21 heavy (non-hydrogen) atoms. The van der Waals surface area contributed by atoms with E-state index in [1.807, 2.05) is 24.3 Å². The van der Waals surface area contributed by atoms with E-state index >= 15 is 0 Å². The summed E-state index contributed by atoms with van der Waals surface area (Å²) in [7, 11) is 1.60. The van der Waals surface area contributed by atoms with Crippen LogP contribution in [0.15, 0.2) is 40.5 Å². The predicted molar refractivity (Wildman–Crippen MR) is 82.9 cm³/mol. The molecule has 1 N–H and O–H groups in total. The Labute approximate surface area is 127 Å². The molecule has 0 saturated carbocycles. The third-order valence-electron chi connectivity index (χ3n) is 2.97. The number of benzene rings is 1. The number of anilines is 1. The van der Waals surface area contributed by atoms with E-state index < -0.39 is 4.92 Å². The van der Waals surface area contributed by atoms with E-state index in [0.717, 1.165) is 4.90 Å². The van der Waals surface area contributed by atoms with Gasteiger partial charge in [-0.2, -0.15) is 0 Å². The molecule has 0 atom stereocenters. The van der Waals surface area contributed by atoms with Gasteiger partial charge < -0.3 is 5.32 Å². The van der Waals surface area contributed by atoms with Crippen LogP contribution in [0.4, 0.5) is 11.5 Å². The molecule has 0 spiro atoms. The number of hydrogen-bond acceptors (Lipinski definition) is 6. The summed E-state index contributed by atoms with van der Waals surface area (Å²) in [5.41, 5.74) is 1.13. The van der Waals surface area contributed by atoms with E-state index in [0.29, 0.717) is 10.9 Å². The highest BCUT2D eigenvalue weighted by Crippen LogP contribution is 2.36. The molecule has 7 heteroatoms. The van der Waals surface area contributed by atoms with Gasteiger partial charge in [0.2, 0.25) is 5.82 Å². The minimum absolute atomic E-state index is 0.0991. The SMILES string of the molecule is CNc1ncnc(Sc2ccc(C(C)C)cc2)c1[N+](=O)[O-]. The molecule has 0 saturated heterocycles. The standard InChI is InChI=1S/C14H16N4O2S/c1-9(2)10-4-6-11(7-5-10)21-14-12(18(19)20)13(15-3)16-8-17-14/h4-9H,1-3H3,(H,15,16,17). The van der Waals surface area contributed by atoms with Crippen LogP contribution in [0.25, 0.3) is 0 Å². The molecule has 0 radical (unpaired) electrons. The topological polar surface area (TPSA) is 81.0 Å². The van der Waals surface area contributed by atoms with Crippen molar-refractivity contribution in [1.29, 1.82) is 0 Å². The van der Waals surface area contributed by atoms with Crippen molar-refractivity contribution in [3.63, 3.8) is 0 Å². The summed E-state index contributed by atoms with van der Waals surface area (Å²) in [6, 6.07) is 7.95. The van der Waals surface area contributed by atoms with Crippen molar-refractivity contribution < 1.29 is 4.92 Å². The number of aromatic nitrogens is 2. The van der Waals surface area contributed by atoms with Gasteiger partial charge in [0.25, 0.3) is 0 Å². The Morgan fingerprint density at radius 3 is 2.43 bits per heavy atom. The van der Waals surface area contributed by atoms with E-state index in [-0.39, 0.29) is 11.5 Å². The van der Waals surface area contributed by atoms with Crippen LogP contribution in [-0.2, 0) is 0 Å². The Morgan fingerprint density at radius 2 is 1.90 bits per heavy atom. The molecule has 6 nitrogen and oxygen atoms in total. The third-order valence-corrected chi connectivity index (χ3v) is 3.97. The second-order valence-electron chi connectivity index (χ2n) is 4.71. The summed E-state index contributed by atoms with van der Waals surface area (Å²) in [5.74, 6) is 0.671. The van der Waals surface area contributed by atoms with Crippen LogP contribution in [0, 0.1) is 10.1 Å². The highest BCUT2D eigenvalue weighted by atomic mass is 32.2. The average Bonchev–Trinajstić information content (AvgIpc) is 2.47. The van der Waals surface area contributed by atoms with E-state index in [4.69, 9.17) is 0 Å². The zero-order valence-electron chi connectivity index (χ0n) is 12.0. The molecule has 0 aliphatic heterocycles. The highest BCUT2D eigenvalue weighted by molar-refractivity contribution is 7.99. The Morgan fingerprint density at radius 1 is 1.24 bits per heavy atom. The van der Waals surface area contributed by atoms with Crippen molar-refractivity contribution >= 4 is 23.3 Å². The van der Waals surface area contributed by atoms with Gasteiger partial charge in [0.05, 0.1) is 4.92 Å². The maximum absolute atomic E-state index is 11.2. The number of nitro groups is 1. The molecule has 0 aliphatic carbocycles. The van der Waals surface area contributed by atoms with Gasteiger partial charge in [0.15, 0.2) is 5.03 Å². The van der Waals surface area contributed by atoms with Crippen LogP contribution in [0.5, 0.6) is 0 Å². The van der Waals surface area contributed by atoms with Gasteiger partial charge in [-0.1, -0.05) is 37.7 Å². The largest absolute Gasteiger partial charge is 0.367 e. The number of hydrogen-bond donors (Lipinski definition) is 1. The lowest BCUT2D eigenvalue weighted by Gasteiger charge is -2.07. The van der Waals surface area contributed by atoms with E-state index in [2.05, 4.69) is 29.1 Å². The molecule has 0 unspecified atom stereocenters. The first-order chi connectivity index (χ1) is 10.0. The quantitative estimate of drug-likeness (QED) is 0.515. The maximum Gasteiger partial charge on any atom is 0.343 e. The normalized spacial score (nSPS) is 10.7. The van der Waals surface area contributed by atoms with Crippen LogP contribution in [0.2, 0.25) is 0 Å². The Bertz CT molecular complexity index is 644. The molecule has 1 aromatic heterocycles. The van der Waals surface area contributed by atoms with Crippen molar-refractivity contribution in [1.82, 2.24) is 9.97 Å². The second kappa shape index (κ2) is 6.53. The van der Waals surface area contributed by atoms with E-state index in [9.17, 15) is 10.1 Å². The summed E-state index contributed by atoms with van der Waals surface area (Å²) in [5, 5.41) is 14.3. The van der Waals surface area contributed by atoms with E-state index in [1.54, 1.807) is 7.05 Å². The van der Waals surface area contributed by atoms with Crippen LogP contribution >= 0.6 is 11.8 Å². The van der Waals surface area contributed by atoms with Gasteiger partial charge in [-0.3, -0.25) is 10.1 Å². The van der Waals surface area contributed by atoms with Crippen LogP contribution < -0.4 is 5.32 Å².